The van der Waals surface area contributed by atoms with Gasteiger partial charge in [0.1, 0.15) is 23.3 Å². The molecule has 0 radical (unpaired) electrons. The van der Waals surface area contributed by atoms with Crippen molar-refractivity contribution < 1.29 is 23.2 Å². The molecule has 366 valence electrons. The number of nitrogens with one attached hydrogen (secondary N) is 3. The van der Waals surface area contributed by atoms with E-state index in [4.69, 9.17) is 10.1 Å². The first-order chi connectivity index (χ1) is 34.3. The van der Waals surface area contributed by atoms with Gasteiger partial charge >= 0.3 is 0 Å². The average molecular weight is 961 g/mol. The fourth-order valence-corrected chi connectivity index (χ4v) is 11.6. The van der Waals surface area contributed by atoms with Gasteiger partial charge in [0.15, 0.2) is 5.78 Å². The van der Waals surface area contributed by atoms with Gasteiger partial charge in [-0.1, -0.05) is 17.7 Å². The lowest BCUT2D eigenvalue weighted by Gasteiger charge is -2.32. The largest absolute Gasteiger partial charge is 0.384 e. The number of carbonyl (C=O) groups excluding carboxylic acids is 3. The van der Waals surface area contributed by atoms with Gasteiger partial charge in [0.05, 0.1) is 11.4 Å². The van der Waals surface area contributed by atoms with Gasteiger partial charge in [0, 0.05) is 116 Å². The molecule has 0 aliphatic carbocycles. The Balaban J connectivity index is 0.695. The molecule has 14 nitrogen and oxygen atoms in total. The number of aryl methyl sites for hydroxylation is 3. The number of likely N-dealkylation sites (tertiary alicyclic amines) is 1. The van der Waals surface area contributed by atoms with E-state index in [1.54, 1.807) is 16.8 Å². The van der Waals surface area contributed by atoms with Gasteiger partial charge in [-0.05, 0) is 143 Å². The zero-order valence-electron chi connectivity index (χ0n) is 40.4. The minimum Gasteiger partial charge on any atom is -0.384 e. The Morgan fingerprint density at radius 3 is 2.56 bits per heavy atom. The van der Waals surface area contributed by atoms with Crippen molar-refractivity contribution in [1.82, 2.24) is 39.0 Å². The highest BCUT2D eigenvalue weighted by Crippen LogP contribution is 2.36. The number of pyridine rings is 2. The van der Waals surface area contributed by atoms with E-state index < -0.39 is 6.04 Å². The summed E-state index contributed by atoms with van der Waals surface area (Å²) in [7, 11) is 2.01. The van der Waals surface area contributed by atoms with Crippen molar-refractivity contribution in [2.24, 2.45) is 7.05 Å². The first-order valence-electron chi connectivity index (χ1n) is 24.9. The molecule has 5 aliphatic rings. The molecule has 11 rings (SSSR count). The number of benzene rings is 2. The van der Waals surface area contributed by atoms with E-state index in [0.717, 1.165) is 101 Å². The number of nitrogens with zero attached hydrogens (tertiary/aromatic N) is 7. The summed E-state index contributed by atoms with van der Waals surface area (Å²) in [4.78, 5) is 60.3. The molecule has 9 heterocycles. The number of hydrogen-bond donors (Lipinski definition) is 3. The predicted molar refractivity (Wildman–Crippen MR) is 269 cm³/mol. The van der Waals surface area contributed by atoms with Crippen molar-refractivity contribution in [3.05, 3.63) is 152 Å². The molecule has 0 saturated carbocycles. The summed E-state index contributed by atoms with van der Waals surface area (Å²) in [6, 6.07) is 15.8. The smallest absolute Gasteiger partial charge is 0.260 e. The highest BCUT2D eigenvalue weighted by atomic mass is 19.1. The van der Waals surface area contributed by atoms with Crippen molar-refractivity contribution in [2.75, 3.05) is 43.4 Å². The van der Waals surface area contributed by atoms with Crippen LogP contribution in [0.25, 0.3) is 22.3 Å². The lowest BCUT2D eigenvalue weighted by atomic mass is 9.88. The number of amides is 2. The standard InChI is InChI=1S/C55H58F2N10O4/c1-32-24-37(27-45(57)52(32)36-13-20-65(21-14-36)33(2)49-30-43-48(9-17-59-53(43)63(49)3)66-22-15-46-42(55(66)71)8-16-58-46)50(68)26-34-10-23-67-40(25-34)28-39(62-67)31-64-18-11-35(12-19-64)41-5-4-38(29-44(41)56)60-47-6-7-51(69)61-54(47)70/h4-5,9,13,15,17,22,24,26-30,33,35,47,58,60H,6-8,10-12,14,16,18-21,23,25,31H2,1-3H3,(H,61,69,70). The van der Waals surface area contributed by atoms with Gasteiger partial charge < -0.3 is 15.2 Å². The van der Waals surface area contributed by atoms with E-state index in [1.165, 1.54) is 12.1 Å². The van der Waals surface area contributed by atoms with Crippen LogP contribution >= 0.6 is 0 Å². The Labute approximate surface area is 410 Å². The molecule has 2 fully saturated rings. The second kappa shape index (κ2) is 18.9. The summed E-state index contributed by atoms with van der Waals surface area (Å²) < 4.78 is 37.3. The molecule has 6 aromatic rings. The summed E-state index contributed by atoms with van der Waals surface area (Å²) in [6.45, 7) is 9.12. The summed E-state index contributed by atoms with van der Waals surface area (Å²) in [6.07, 6.45) is 12.3. The monoisotopic (exact) mass is 960 g/mol. The Morgan fingerprint density at radius 1 is 0.944 bits per heavy atom. The van der Waals surface area contributed by atoms with Crippen molar-refractivity contribution in [3.8, 4) is 5.69 Å². The number of aromatic nitrogens is 5. The summed E-state index contributed by atoms with van der Waals surface area (Å²) in [5, 5.41) is 14.5. The first-order valence-corrected chi connectivity index (χ1v) is 24.9. The molecule has 71 heavy (non-hydrogen) atoms. The molecule has 0 bridgehead atoms. The number of ketones is 1. The number of hydrogen-bond acceptors (Lipinski definition) is 10. The van der Waals surface area contributed by atoms with Gasteiger partial charge in [0.2, 0.25) is 11.8 Å². The van der Waals surface area contributed by atoms with E-state index in [1.807, 2.05) is 55.2 Å². The number of piperidine rings is 2. The van der Waals surface area contributed by atoms with Crippen LogP contribution in [0.5, 0.6) is 0 Å². The van der Waals surface area contributed by atoms with Crippen LogP contribution in [0.3, 0.4) is 0 Å². The number of allylic oxidation sites excluding steroid dienone is 2. The highest BCUT2D eigenvalue weighted by molar-refractivity contribution is 6.05. The highest BCUT2D eigenvalue weighted by Gasteiger charge is 2.30. The van der Waals surface area contributed by atoms with Crippen molar-refractivity contribution in [1.29, 1.82) is 0 Å². The summed E-state index contributed by atoms with van der Waals surface area (Å²) >= 11 is 0. The third kappa shape index (κ3) is 9.03. The maximum atomic E-state index is 16.1. The normalized spacial score (nSPS) is 19.9. The van der Waals surface area contributed by atoms with Gasteiger partial charge in [-0.3, -0.25) is 43.5 Å². The Bertz CT molecular complexity index is 3240. The van der Waals surface area contributed by atoms with E-state index >= 15 is 8.78 Å². The van der Waals surface area contributed by atoms with Crippen LogP contribution in [-0.2, 0) is 42.6 Å². The zero-order chi connectivity index (χ0) is 49.1. The minimum absolute atomic E-state index is 0.00884. The third-order valence-electron chi connectivity index (χ3n) is 15.5. The van der Waals surface area contributed by atoms with Crippen LogP contribution < -0.4 is 21.5 Å². The van der Waals surface area contributed by atoms with Crippen molar-refractivity contribution in [2.45, 2.75) is 96.3 Å². The topological polar surface area (TPSA) is 151 Å². The number of imide groups is 1. The Morgan fingerprint density at radius 2 is 1.79 bits per heavy atom. The SMILES string of the molecule is Cc1cc(C(=O)C=C2CCn3nc(CN4CCC(c5ccc(NC6CCC(=O)NC6=O)cc5F)CC4)cc3C2)cc(F)c1C1=CCN(C(C)c2cc3c(-n4ccc5c(c4=O)CCN5)ccnc3n2C)CC1. The molecular formula is C55H58F2N10O4. The molecule has 2 atom stereocenters. The lowest BCUT2D eigenvalue weighted by Crippen LogP contribution is -2.47. The lowest BCUT2D eigenvalue weighted by molar-refractivity contribution is -0.133. The van der Waals surface area contributed by atoms with E-state index in [2.05, 4.69) is 55.4 Å². The molecule has 2 saturated heterocycles. The second-order valence-electron chi connectivity index (χ2n) is 19.9. The average Bonchev–Trinajstić information content (AvgIpc) is 4.10. The molecule has 5 aliphatic heterocycles. The van der Waals surface area contributed by atoms with Crippen molar-refractivity contribution >= 4 is 45.6 Å². The number of anilines is 2. The van der Waals surface area contributed by atoms with Gasteiger partial charge in [-0.15, -0.1) is 0 Å². The first kappa shape index (κ1) is 46.3. The fourth-order valence-electron chi connectivity index (χ4n) is 11.6. The Hall–Kier alpha value is -7.04. The third-order valence-corrected chi connectivity index (χ3v) is 15.5. The maximum Gasteiger partial charge on any atom is 0.260 e. The maximum absolute atomic E-state index is 16.1. The second-order valence-corrected chi connectivity index (χ2v) is 19.9. The molecule has 2 aromatic carbocycles. The van der Waals surface area contributed by atoms with Crippen LogP contribution in [-0.4, -0.2) is 90.1 Å². The molecule has 0 spiro atoms. The molecule has 2 unspecified atom stereocenters. The van der Waals surface area contributed by atoms with Gasteiger partial charge in [-0.25, -0.2) is 13.8 Å². The van der Waals surface area contributed by atoms with Crippen LogP contribution in [0.4, 0.5) is 20.2 Å². The predicted octanol–water partition coefficient (Wildman–Crippen LogP) is 7.68. The zero-order valence-corrected chi connectivity index (χ0v) is 40.4. The van der Waals surface area contributed by atoms with Gasteiger partial charge in [0.25, 0.3) is 5.56 Å². The Kier molecular flexibility index (Phi) is 12.4. The molecule has 2 amide bonds. The molecule has 16 heteroatoms. The van der Waals surface area contributed by atoms with Crippen LogP contribution in [0, 0.1) is 18.6 Å². The number of carbonyl (C=O) groups is 3. The number of fused-ring (bicyclic) bond motifs is 3. The number of rotatable bonds is 11. The molecular weight excluding hydrogens is 903 g/mol. The molecule has 3 N–H and O–H groups in total. The van der Waals surface area contributed by atoms with E-state index in [0.29, 0.717) is 74.1 Å². The van der Waals surface area contributed by atoms with E-state index in [9.17, 15) is 19.2 Å². The fraction of sp³-hybridized carbons (Fsp3) is 0.382. The van der Waals surface area contributed by atoms with Crippen LogP contribution in [0.1, 0.15) is 107 Å². The minimum atomic E-state index is -0.566. The quantitative estimate of drug-likeness (QED) is 0.0671. The van der Waals surface area contributed by atoms with Crippen LogP contribution in [0.2, 0.25) is 0 Å². The number of halogens is 2. The van der Waals surface area contributed by atoms with Crippen molar-refractivity contribution in [3.63, 3.8) is 0 Å². The molecule has 4 aromatic heterocycles. The van der Waals surface area contributed by atoms with Crippen LogP contribution in [0.15, 0.2) is 89.5 Å². The van der Waals surface area contributed by atoms with E-state index in [-0.39, 0.29) is 53.2 Å². The summed E-state index contributed by atoms with van der Waals surface area (Å²) in [5.41, 5.74) is 11.2. The van der Waals surface area contributed by atoms with Gasteiger partial charge in [-0.2, -0.15) is 5.10 Å². The summed E-state index contributed by atoms with van der Waals surface area (Å²) in [5.74, 6) is -1.48.